The number of carbonyl (C=O) groups is 2. The molecule has 0 saturated heterocycles. The van der Waals surface area contributed by atoms with E-state index in [1.807, 2.05) is 0 Å². The largest absolute Gasteiger partial charge is 0.493 e. The van der Waals surface area contributed by atoms with Gasteiger partial charge in [-0.1, -0.05) is 0 Å². The van der Waals surface area contributed by atoms with Crippen LogP contribution < -0.4 is 9.47 Å². The molecule has 0 aliphatic heterocycles. The van der Waals surface area contributed by atoms with Gasteiger partial charge >= 0.3 is 0 Å². The standard InChI is InChI=1S/C18H18O7/c1-22-12-5-9(6-13(12)23-2)18(21)16(19)10-7-14(24-3)15(25-4)8-11(10)17(18)20/h5-9,21H,1-4H3. The zero-order valence-corrected chi connectivity index (χ0v) is 14.3. The molecule has 1 N–H and O–H groups in total. The number of hydrogen-bond acceptors (Lipinski definition) is 7. The molecule has 0 saturated carbocycles. The Morgan fingerprint density at radius 2 is 1.20 bits per heavy atom. The zero-order chi connectivity index (χ0) is 18.4. The molecule has 2 aliphatic rings. The molecule has 2 aliphatic carbocycles. The third-order valence-electron chi connectivity index (χ3n) is 4.53. The number of carbonyl (C=O) groups excluding carboxylic acids is 2. The van der Waals surface area contributed by atoms with Gasteiger partial charge in [-0.15, -0.1) is 0 Å². The van der Waals surface area contributed by atoms with Crippen LogP contribution in [0.15, 0.2) is 35.8 Å². The quantitative estimate of drug-likeness (QED) is 0.808. The van der Waals surface area contributed by atoms with Crippen molar-refractivity contribution in [3.63, 3.8) is 0 Å². The van der Waals surface area contributed by atoms with Crippen LogP contribution >= 0.6 is 0 Å². The fourth-order valence-electron chi connectivity index (χ4n) is 3.19. The van der Waals surface area contributed by atoms with Crippen LogP contribution in [-0.2, 0) is 9.47 Å². The van der Waals surface area contributed by atoms with Crippen LogP contribution in [0.25, 0.3) is 0 Å². The summed E-state index contributed by atoms with van der Waals surface area (Å²) in [6.45, 7) is 0. The Balaban J connectivity index is 2.11. The first-order valence-corrected chi connectivity index (χ1v) is 7.52. The number of ether oxygens (including phenoxy) is 4. The summed E-state index contributed by atoms with van der Waals surface area (Å²) in [7, 11) is 5.73. The van der Waals surface area contributed by atoms with E-state index in [9.17, 15) is 14.7 Å². The molecule has 3 rings (SSSR count). The fourth-order valence-corrected chi connectivity index (χ4v) is 3.19. The third kappa shape index (κ3) is 2.23. The molecule has 0 fully saturated rings. The number of benzene rings is 1. The van der Waals surface area contributed by atoms with Crippen molar-refractivity contribution in [2.75, 3.05) is 28.4 Å². The van der Waals surface area contributed by atoms with Gasteiger partial charge in [0, 0.05) is 17.0 Å². The van der Waals surface area contributed by atoms with Crippen molar-refractivity contribution >= 4 is 11.6 Å². The normalized spacial score (nSPS) is 18.6. The molecule has 1 aromatic rings. The van der Waals surface area contributed by atoms with Crippen LogP contribution in [0, 0.1) is 5.92 Å². The number of methoxy groups -OCH3 is 4. The highest BCUT2D eigenvalue weighted by Crippen LogP contribution is 2.44. The summed E-state index contributed by atoms with van der Waals surface area (Å²) in [5.41, 5.74) is -2.07. The van der Waals surface area contributed by atoms with Gasteiger partial charge in [-0.2, -0.15) is 0 Å². The molecule has 0 atom stereocenters. The molecule has 0 aromatic heterocycles. The summed E-state index contributed by atoms with van der Waals surface area (Å²) in [5, 5.41) is 11.0. The van der Waals surface area contributed by atoms with E-state index in [1.54, 1.807) is 0 Å². The molecule has 0 bridgehead atoms. The molecular formula is C18H18O7. The van der Waals surface area contributed by atoms with E-state index < -0.39 is 23.1 Å². The summed E-state index contributed by atoms with van der Waals surface area (Å²) >= 11 is 0. The van der Waals surface area contributed by atoms with Crippen LogP contribution in [0.2, 0.25) is 0 Å². The van der Waals surface area contributed by atoms with Crippen LogP contribution in [0.1, 0.15) is 20.7 Å². The van der Waals surface area contributed by atoms with Gasteiger partial charge in [0.1, 0.15) is 0 Å². The fraction of sp³-hybridized carbons (Fsp3) is 0.333. The van der Waals surface area contributed by atoms with E-state index in [-0.39, 0.29) is 11.1 Å². The van der Waals surface area contributed by atoms with Crippen LogP contribution in [-0.4, -0.2) is 50.7 Å². The number of rotatable bonds is 5. The maximum absolute atomic E-state index is 12.9. The van der Waals surface area contributed by atoms with E-state index in [0.29, 0.717) is 23.0 Å². The smallest absolute Gasteiger partial charge is 0.204 e. The van der Waals surface area contributed by atoms with Crippen LogP contribution in [0.4, 0.5) is 0 Å². The van der Waals surface area contributed by atoms with Gasteiger partial charge in [0.15, 0.2) is 23.0 Å². The van der Waals surface area contributed by atoms with Gasteiger partial charge in [0.05, 0.1) is 28.4 Å². The number of ketones is 2. The van der Waals surface area contributed by atoms with Gasteiger partial charge in [0.25, 0.3) is 0 Å². The molecule has 1 aromatic carbocycles. The second kappa shape index (κ2) is 5.93. The van der Waals surface area contributed by atoms with Gasteiger partial charge in [-0.3, -0.25) is 9.59 Å². The van der Waals surface area contributed by atoms with Crippen molar-refractivity contribution in [2.24, 2.45) is 5.92 Å². The molecule has 0 spiro atoms. The summed E-state index contributed by atoms with van der Waals surface area (Å²) in [5.74, 6) is -0.974. The summed E-state index contributed by atoms with van der Waals surface area (Å²) < 4.78 is 20.7. The molecule has 25 heavy (non-hydrogen) atoms. The minimum atomic E-state index is -2.26. The Hall–Kier alpha value is -2.80. The first-order chi connectivity index (χ1) is 11.9. The predicted molar refractivity (Wildman–Crippen MR) is 86.8 cm³/mol. The molecule has 0 amide bonds. The Bertz CT molecular complexity index is 756. The maximum Gasteiger partial charge on any atom is 0.204 e. The molecule has 7 heteroatoms. The number of Topliss-reactive ketones (excluding diaryl/α,β-unsaturated/α-hetero) is 2. The topological polar surface area (TPSA) is 91.3 Å². The zero-order valence-electron chi connectivity index (χ0n) is 14.3. The van der Waals surface area contributed by atoms with Crippen molar-refractivity contribution in [3.05, 3.63) is 46.9 Å². The monoisotopic (exact) mass is 346 g/mol. The van der Waals surface area contributed by atoms with Crippen molar-refractivity contribution < 1.29 is 33.6 Å². The lowest BCUT2D eigenvalue weighted by Gasteiger charge is -2.23. The summed E-state index contributed by atoms with van der Waals surface area (Å²) in [6.07, 6.45) is 2.99. The Morgan fingerprint density at radius 3 is 1.52 bits per heavy atom. The molecule has 0 radical (unpaired) electrons. The average Bonchev–Trinajstić information content (AvgIpc) is 3.15. The van der Waals surface area contributed by atoms with Gasteiger partial charge in [0.2, 0.25) is 17.2 Å². The Kier molecular flexibility index (Phi) is 4.04. The van der Waals surface area contributed by atoms with E-state index in [2.05, 4.69) is 0 Å². The van der Waals surface area contributed by atoms with Crippen LogP contribution in [0.3, 0.4) is 0 Å². The lowest BCUT2D eigenvalue weighted by atomic mass is 9.84. The van der Waals surface area contributed by atoms with Crippen molar-refractivity contribution in [1.82, 2.24) is 0 Å². The van der Waals surface area contributed by atoms with Crippen molar-refractivity contribution in [2.45, 2.75) is 5.60 Å². The Labute approximate surface area is 144 Å². The first kappa shape index (κ1) is 17.0. The molecular weight excluding hydrogens is 328 g/mol. The average molecular weight is 346 g/mol. The first-order valence-electron chi connectivity index (χ1n) is 7.52. The lowest BCUT2D eigenvalue weighted by molar-refractivity contribution is 0.0242. The highest BCUT2D eigenvalue weighted by molar-refractivity contribution is 6.32. The number of fused-ring (bicyclic) bond motifs is 1. The van der Waals surface area contributed by atoms with Gasteiger partial charge in [-0.05, 0) is 24.3 Å². The van der Waals surface area contributed by atoms with Crippen molar-refractivity contribution in [3.8, 4) is 11.5 Å². The second-order valence-electron chi connectivity index (χ2n) is 5.67. The van der Waals surface area contributed by atoms with E-state index in [0.717, 1.165) is 0 Å². The highest BCUT2D eigenvalue weighted by atomic mass is 16.5. The number of aliphatic hydroxyl groups is 1. The highest BCUT2D eigenvalue weighted by Gasteiger charge is 2.57. The number of hydrogen-bond donors (Lipinski definition) is 1. The van der Waals surface area contributed by atoms with E-state index in [1.165, 1.54) is 52.7 Å². The minimum Gasteiger partial charge on any atom is -0.493 e. The van der Waals surface area contributed by atoms with Gasteiger partial charge in [-0.25, -0.2) is 0 Å². The summed E-state index contributed by atoms with van der Waals surface area (Å²) in [6, 6.07) is 2.81. The third-order valence-corrected chi connectivity index (χ3v) is 4.53. The molecule has 132 valence electrons. The lowest BCUT2D eigenvalue weighted by Crippen LogP contribution is -2.46. The molecule has 0 heterocycles. The minimum absolute atomic E-state index is 0.0942. The van der Waals surface area contributed by atoms with Crippen LogP contribution in [0.5, 0.6) is 11.5 Å². The molecule has 7 nitrogen and oxygen atoms in total. The Morgan fingerprint density at radius 1 is 0.800 bits per heavy atom. The summed E-state index contributed by atoms with van der Waals surface area (Å²) in [4.78, 5) is 25.7. The second-order valence-corrected chi connectivity index (χ2v) is 5.67. The van der Waals surface area contributed by atoms with E-state index >= 15 is 0 Å². The SMILES string of the molecule is COC1=CC(C2(O)C(=O)c3cc(OC)c(OC)cc3C2=O)C=C1OC. The van der Waals surface area contributed by atoms with Crippen molar-refractivity contribution in [1.29, 1.82) is 0 Å². The predicted octanol–water partition coefficient (Wildman–Crippen LogP) is 1.50. The van der Waals surface area contributed by atoms with Gasteiger partial charge < -0.3 is 24.1 Å². The van der Waals surface area contributed by atoms with E-state index in [4.69, 9.17) is 18.9 Å². The maximum atomic E-state index is 12.9. The molecule has 0 unspecified atom stereocenters.